The van der Waals surface area contributed by atoms with Crippen LogP contribution in [0.15, 0.2) is 48.5 Å². The van der Waals surface area contributed by atoms with E-state index in [4.69, 9.17) is 9.47 Å². The summed E-state index contributed by atoms with van der Waals surface area (Å²) in [6.45, 7) is 1.85. The minimum atomic E-state index is -3.19. The molecule has 0 bridgehead atoms. The van der Waals surface area contributed by atoms with Crippen LogP contribution in [0.1, 0.15) is 28.5 Å². The summed E-state index contributed by atoms with van der Waals surface area (Å²) in [6, 6.07) is 12.3. The van der Waals surface area contributed by atoms with E-state index in [-0.39, 0.29) is 35.1 Å². The first-order valence-electron chi connectivity index (χ1n) is 11.4. The number of ether oxygens (including phenoxy) is 2. The van der Waals surface area contributed by atoms with Gasteiger partial charge in [-0.1, -0.05) is 12.1 Å². The third-order valence-corrected chi connectivity index (χ3v) is 8.17. The standard InChI is InChI=1S/C25H21FN4O5S/c1-14-23-18(25(31)27-15-6-7-21-22(10-15)35-13-34-21)11-20(17-4-2-3-5-19(17)26)28-24(23)30(29-14)16-8-9-36(32,33)12-16/h2-7,10-11,16H,8-9,12-13H2,1H3,(H,27,31). The molecule has 2 aliphatic heterocycles. The van der Waals surface area contributed by atoms with Crippen LogP contribution in [0.5, 0.6) is 11.5 Å². The van der Waals surface area contributed by atoms with E-state index < -0.39 is 27.6 Å². The molecular formula is C25H21FN4O5S. The molecule has 9 nitrogen and oxygen atoms in total. The Bertz CT molecular complexity index is 1650. The number of carbonyl (C=O) groups is 1. The molecule has 4 heterocycles. The summed E-state index contributed by atoms with van der Waals surface area (Å²) in [7, 11) is -3.19. The lowest BCUT2D eigenvalue weighted by atomic mass is 10.0. The zero-order valence-corrected chi connectivity index (χ0v) is 20.0. The van der Waals surface area contributed by atoms with E-state index >= 15 is 0 Å². The first kappa shape index (κ1) is 22.5. The van der Waals surface area contributed by atoms with E-state index in [0.29, 0.717) is 40.3 Å². The van der Waals surface area contributed by atoms with Gasteiger partial charge in [0.2, 0.25) is 6.79 Å². The Morgan fingerprint density at radius 2 is 1.94 bits per heavy atom. The van der Waals surface area contributed by atoms with Crippen LogP contribution < -0.4 is 14.8 Å². The number of rotatable bonds is 4. The predicted octanol–water partition coefficient (Wildman–Crippen LogP) is 3.89. The van der Waals surface area contributed by atoms with E-state index in [2.05, 4.69) is 15.4 Å². The SMILES string of the molecule is Cc1nn(C2CCS(=O)(=O)C2)c2nc(-c3ccccc3F)cc(C(=O)Nc3ccc4c(c3)OCO4)c12. The fourth-order valence-electron chi connectivity index (χ4n) is 4.69. The Morgan fingerprint density at radius 1 is 1.14 bits per heavy atom. The number of nitrogens with zero attached hydrogens (tertiary/aromatic N) is 3. The smallest absolute Gasteiger partial charge is 0.256 e. The van der Waals surface area contributed by atoms with Crippen molar-refractivity contribution in [3.8, 4) is 22.8 Å². The van der Waals surface area contributed by atoms with Gasteiger partial charge in [0.1, 0.15) is 5.82 Å². The maximum Gasteiger partial charge on any atom is 0.256 e. The molecule has 1 unspecified atom stereocenters. The van der Waals surface area contributed by atoms with Crippen LogP contribution >= 0.6 is 0 Å². The topological polar surface area (TPSA) is 112 Å². The minimum absolute atomic E-state index is 0.0581. The van der Waals surface area contributed by atoms with E-state index in [0.717, 1.165) is 0 Å². The number of amides is 1. The van der Waals surface area contributed by atoms with Crippen LogP contribution in [0, 0.1) is 12.7 Å². The van der Waals surface area contributed by atoms with Crippen molar-refractivity contribution in [2.75, 3.05) is 23.6 Å². The van der Waals surface area contributed by atoms with Gasteiger partial charge in [-0.05, 0) is 43.7 Å². The highest BCUT2D eigenvalue weighted by atomic mass is 32.2. The number of aromatic nitrogens is 3. The summed E-state index contributed by atoms with van der Waals surface area (Å²) >= 11 is 0. The van der Waals surface area contributed by atoms with Crippen molar-refractivity contribution < 1.29 is 27.1 Å². The molecule has 1 fully saturated rings. The molecule has 4 aromatic rings. The number of hydrogen-bond donors (Lipinski definition) is 1. The zero-order valence-electron chi connectivity index (χ0n) is 19.2. The fourth-order valence-corrected chi connectivity index (χ4v) is 6.39. The number of halogens is 1. The number of pyridine rings is 1. The number of nitrogens with one attached hydrogen (secondary N) is 1. The molecule has 36 heavy (non-hydrogen) atoms. The average Bonchev–Trinajstić information content (AvgIpc) is 3.55. The van der Waals surface area contributed by atoms with Crippen LogP contribution in [0.2, 0.25) is 0 Å². The number of anilines is 1. The highest BCUT2D eigenvalue weighted by molar-refractivity contribution is 7.91. The number of benzene rings is 2. The molecule has 6 rings (SSSR count). The second-order valence-electron chi connectivity index (χ2n) is 8.84. The highest BCUT2D eigenvalue weighted by Crippen LogP contribution is 2.36. The molecule has 184 valence electrons. The molecule has 0 aliphatic carbocycles. The Balaban J connectivity index is 1.49. The van der Waals surface area contributed by atoms with Gasteiger partial charge in [-0.15, -0.1) is 0 Å². The Kier molecular flexibility index (Phi) is 5.18. The van der Waals surface area contributed by atoms with Crippen LogP contribution in [-0.4, -0.2) is 47.4 Å². The molecule has 1 atom stereocenters. The second-order valence-corrected chi connectivity index (χ2v) is 11.1. The normalized spacial score (nSPS) is 18.0. The first-order valence-corrected chi connectivity index (χ1v) is 13.2. The van der Waals surface area contributed by atoms with Crippen molar-refractivity contribution in [1.82, 2.24) is 14.8 Å². The quantitative estimate of drug-likeness (QED) is 0.445. The minimum Gasteiger partial charge on any atom is -0.454 e. The molecular weight excluding hydrogens is 487 g/mol. The summed E-state index contributed by atoms with van der Waals surface area (Å²) in [5.74, 6) is 0.171. The van der Waals surface area contributed by atoms with Gasteiger partial charge in [-0.3, -0.25) is 4.79 Å². The lowest BCUT2D eigenvalue weighted by molar-refractivity contribution is 0.102. The van der Waals surface area contributed by atoms with Gasteiger partial charge in [-0.25, -0.2) is 22.5 Å². The van der Waals surface area contributed by atoms with Crippen molar-refractivity contribution in [3.63, 3.8) is 0 Å². The predicted molar refractivity (Wildman–Crippen MR) is 130 cm³/mol. The summed E-state index contributed by atoms with van der Waals surface area (Å²) in [5.41, 5.74) is 2.08. The van der Waals surface area contributed by atoms with Crippen molar-refractivity contribution in [2.45, 2.75) is 19.4 Å². The average molecular weight is 509 g/mol. The summed E-state index contributed by atoms with van der Waals surface area (Å²) in [5, 5.41) is 7.92. The maximum atomic E-state index is 14.7. The van der Waals surface area contributed by atoms with Crippen LogP contribution in [0.3, 0.4) is 0 Å². The molecule has 2 aromatic heterocycles. The van der Waals surface area contributed by atoms with Crippen molar-refractivity contribution in [2.24, 2.45) is 0 Å². The largest absolute Gasteiger partial charge is 0.454 e. The molecule has 2 aliphatic rings. The fraction of sp³-hybridized carbons (Fsp3) is 0.240. The van der Waals surface area contributed by atoms with Gasteiger partial charge < -0.3 is 14.8 Å². The number of sulfone groups is 1. The van der Waals surface area contributed by atoms with Gasteiger partial charge >= 0.3 is 0 Å². The lowest BCUT2D eigenvalue weighted by Crippen LogP contribution is -2.15. The van der Waals surface area contributed by atoms with Gasteiger partial charge in [0, 0.05) is 17.3 Å². The van der Waals surface area contributed by atoms with E-state index in [9.17, 15) is 17.6 Å². The zero-order chi connectivity index (χ0) is 25.0. The van der Waals surface area contributed by atoms with Gasteiger partial charge in [0.15, 0.2) is 27.0 Å². The Hall–Kier alpha value is -3.99. The van der Waals surface area contributed by atoms with Crippen molar-refractivity contribution in [1.29, 1.82) is 0 Å². The van der Waals surface area contributed by atoms with Crippen molar-refractivity contribution >= 4 is 32.5 Å². The van der Waals surface area contributed by atoms with E-state index in [1.54, 1.807) is 48.0 Å². The summed E-state index contributed by atoms with van der Waals surface area (Å²) in [4.78, 5) is 18.2. The third-order valence-electron chi connectivity index (χ3n) is 6.42. The maximum absolute atomic E-state index is 14.7. The molecule has 1 amide bonds. The monoisotopic (exact) mass is 508 g/mol. The molecule has 0 spiro atoms. The van der Waals surface area contributed by atoms with E-state index in [1.165, 1.54) is 12.1 Å². The number of fused-ring (bicyclic) bond motifs is 2. The van der Waals surface area contributed by atoms with Crippen LogP contribution in [-0.2, 0) is 9.84 Å². The van der Waals surface area contributed by atoms with Crippen LogP contribution in [0.25, 0.3) is 22.3 Å². The number of aryl methyl sites for hydroxylation is 1. The third kappa shape index (κ3) is 3.85. The number of carbonyl (C=O) groups excluding carboxylic acids is 1. The second kappa shape index (κ2) is 8.30. The first-order chi connectivity index (χ1) is 17.3. The van der Waals surface area contributed by atoms with E-state index in [1.807, 2.05) is 0 Å². The summed E-state index contributed by atoms with van der Waals surface area (Å²) in [6.07, 6.45) is 0.392. The summed E-state index contributed by atoms with van der Waals surface area (Å²) < 4.78 is 51.3. The molecule has 1 saturated heterocycles. The number of hydrogen-bond acceptors (Lipinski definition) is 7. The van der Waals surface area contributed by atoms with Crippen molar-refractivity contribution in [3.05, 3.63) is 65.6 Å². The molecule has 0 radical (unpaired) electrons. The Morgan fingerprint density at radius 3 is 2.72 bits per heavy atom. The molecule has 0 saturated carbocycles. The molecule has 1 N–H and O–H groups in total. The van der Waals surface area contributed by atoms with Gasteiger partial charge in [0.25, 0.3) is 5.91 Å². The van der Waals surface area contributed by atoms with Gasteiger partial charge in [0.05, 0.1) is 39.9 Å². The van der Waals surface area contributed by atoms with Gasteiger partial charge in [-0.2, -0.15) is 5.10 Å². The Labute approximate surface area is 205 Å². The molecule has 2 aromatic carbocycles. The molecule has 11 heteroatoms. The lowest BCUT2D eigenvalue weighted by Gasteiger charge is -2.13. The highest BCUT2D eigenvalue weighted by Gasteiger charge is 2.32. The van der Waals surface area contributed by atoms with Crippen LogP contribution in [0.4, 0.5) is 10.1 Å².